The lowest BCUT2D eigenvalue weighted by Gasteiger charge is -2.12. The Labute approximate surface area is 107 Å². The van der Waals surface area contributed by atoms with Gasteiger partial charge in [0.15, 0.2) is 0 Å². The van der Waals surface area contributed by atoms with Gasteiger partial charge in [0.05, 0.1) is 24.5 Å². The third kappa shape index (κ3) is 3.45. The quantitative estimate of drug-likeness (QED) is 0.847. The maximum absolute atomic E-state index is 5.68. The smallest absolute Gasteiger partial charge is 0.142 e. The average molecular weight is 243 g/mol. The van der Waals surface area contributed by atoms with E-state index in [4.69, 9.17) is 4.74 Å². The van der Waals surface area contributed by atoms with Crippen molar-refractivity contribution >= 4 is 5.69 Å². The van der Waals surface area contributed by atoms with Crippen molar-refractivity contribution in [2.75, 3.05) is 11.9 Å². The highest BCUT2D eigenvalue weighted by Crippen LogP contribution is 2.24. The van der Waals surface area contributed by atoms with Crippen LogP contribution in [0.3, 0.4) is 0 Å². The molecule has 0 spiro atoms. The van der Waals surface area contributed by atoms with Gasteiger partial charge in [-0.1, -0.05) is 19.1 Å². The van der Waals surface area contributed by atoms with Crippen molar-refractivity contribution in [3.05, 3.63) is 48.5 Å². The van der Waals surface area contributed by atoms with Crippen LogP contribution in [0.5, 0.6) is 5.75 Å². The number of hydrogen-bond acceptors (Lipinski definition) is 4. The van der Waals surface area contributed by atoms with Crippen molar-refractivity contribution in [3.63, 3.8) is 0 Å². The summed E-state index contributed by atoms with van der Waals surface area (Å²) in [6.45, 7) is 3.48. The lowest BCUT2D eigenvalue weighted by molar-refractivity contribution is 0.319. The first kappa shape index (κ1) is 12.4. The van der Waals surface area contributed by atoms with Crippen LogP contribution in [0, 0.1) is 0 Å². The zero-order chi connectivity index (χ0) is 12.6. The first-order chi connectivity index (χ1) is 8.90. The summed E-state index contributed by atoms with van der Waals surface area (Å²) in [7, 11) is 0. The van der Waals surface area contributed by atoms with Crippen LogP contribution in [-0.2, 0) is 6.54 Å². The Morgan fingerprint density at radius 3 is 2.89 bits per heavy atom. The lowest BCUT2D eigenvalue weighted by Crippen LogP contribution is -2.04. The zero-order valence-corrected chi connectivity index (χ0v) is 10.5. The summed E-state index contributed by atoms with van der Waals surface area (Å²) in [5.74, 6) is 0.883. The predicted octanol–water partition coefficient (Wildman–Crippen LogP) is 2.88. The molecule has 2 aromatic rings. The molecule has 0 aliphatic rings. The van der Waals surface area contributed by atoms with E-state index >= 15 is 0 Å². The fourth-order valence-electron chi connectivity index (χ4n) is 1.56. The van der Waals surface area contributed by atoms with Gasteiger partial charge < -0.3 is 10.1 Å². The van der Waals surface area contributed by atoms with Crippen LogP contribution in [-0.4, -0.2) is 16.6 Å². The number of rotatable bonds is 6. The topological polar surface area (TPSA) is 47.0 Å². The monoisotopic (exact) mass is 243 g/mol. The van der Waals surface area contributed by atoms with Gasteiger partial charge in [-0.15, -0.1) is 0 Å². The Hall–Kier alpha value is -2.10. The number of aromatic nitrogens is 2. The van der Waals surface area contributed by atoms with Gasteiger partial charge in [0, 0.05) is 6.20 Å². The Bertz CT molecular complexity index is 473. The van der Waals surface area contributed by atoms with Gasteiger partial charge in [0.2, 0.25) is 0 Å². The standard InChI is InChI=1S/C14H17N3O/c1-2-9-18-14-6-4-3-5-13(14)16-10-12-7-8-15-11-17-12/h3-8,11,16H,2,9-10H2,1H3. The molecule has 0 atom stereocenters. The molecule has 0 saturated carbocycles. The number of para-hydroxylation sites is 2. The molecule has 4 nitrogen and oxygen atoms in total. The Balaban J connectivity index is 2.00. The average Bonchev–Trinajstić information content (AvgIpc) is 2.45. The van der Waals surface area contributed by atoms with Gasteiger partial charge in [-0.25, -0.2) is 9.97 Å². The van der Waals surface area contributed by atoms with E-state index < -0.39 is 0 Å². The van der Waals surface area contributed by atoms with Gasteiger partial charge in [-0.3, -0.25) is 0 Å². The van der Waals surface area contributed by atoms with E-state index in [1.807, 2.05) is 30.3 Å². The highest BCUT2D eigenvalue weighted by atomic mass is 16.5. The molecule has 1 N–H and O–H groups in total. The number of hydrogen-bond donors (Lipinski definition) is 1. The lowest BCUT2D eigenvalue weighted by atomic mass is 10.3. The van der Waals surface area contributed by atoms with E-state index in [2.05, 4.69) is 22.2 Å². The minimum Gasteiger partial charge on any atom is -0.491 e. The molecule has 0 saturated heterocycles. The number of nitrogens with zero attached hydrogens (tertiary/aromatic N) is 2. The van der Waals surface area contributed by atoms with Gasteiger partial charge >= 0.3 is 0 Å². The van der Waals surface area contributed by atoms with E-state index in [-0.39, 0.29) is 0 Å². The molecule has 2 rings (SSSR count). The van der Waals surface area contributed by atoms with E-state index in [0.29, 0.717) is 6.54 Å². The minimum absolute atomic E-state index is 0.662. The summed E-state index contributed by atoms with van der Waals surface area (Å²) in [6, 6.07) is 9.83. The molecule has 1 aromatic heterocycles. The molecule has 4 heteroatoms. The summed E-state index contributed by atoms with van der Waals surface area (Å²) in [6.07, 6.45) is 4.29. The van der Waals surface area contributed by atoms with Crippen molar-refractivity contribution < 1.29 is 4.74 Å². The molecule has 0 bridgehead atoms. The summed E-state index contributed by atoms with van der Waals surface area (Å²) >= 11 is 0. The van der Waals surface area contributed by atoms with Crippen molar-refractivity contribution in [2.45, 2.75) is 19.9 Å². The summed E-state index contributed by atoms with van der Waals surface area (Å²) in [4.78, 5) is 8.07. The van der Waals surface area contributed by atoms with Crippen LogP contribution in [0.25, 0.3) is 0 Å². The first-order valence-electron chi connectivity index (χ1n) is 6.10. The maximum atomic E-state index is 5.68. The molecular weight excluding hydrogens is 226 g/mol. The summed E-state index contributed by atoms with van der Waals surface area (Å²) in [5.41, 5.74) is 1.94. The SMILES string of the molecule is CCCOc1ccccc1NCc1ccncn1. The molecule has 18 heavy (non-hydrogen) atoms. The molecule has 94 valence electrons. The number of benzene rings is 1. The molecule has 0 amide bonds. The molecule has 0 unspecified atom stereocenters. The summed E-state index contributed by atoms with van der Waals surface area (Å²) < 4.78 is 5.68. The zero-order valence-electron chi connectivity index (χ0n) is 10.5. The first-order valence-corrected chi connectivity index (χ1v) is 6.10. The van der Waals surface area contributed by atoms with Crippen LogP contribution in [0.1, 0.15) is 19.0 Å². The number of nitrogens with one attached hydrogen (secondary N) is 1. The van der Waals surface area contributed by atoms with Gasteiger partial charge in [-0.05, 0) is 24.6 Å². The Kier molecular flexibility index (Phi) is 4.53. The fraction of sp³-hybridized carbons (Fsp3) is 0.286. The largest absolute Gasteiger partial charge is 0.491 e. The van der Waals surface area contributed by atoms with Crippen LogP contribution in [0.2, 0.25) is 0 Å². The summed E-state index contributed by atoms with van der Waals surface area (Å²) in [5, 5.41) is 3.32. The third-order valence-corrected chi connectivity index (χ3v) is 2.45. The number of anilines is 1. The van der Waals surface area contributed by atoms with Crippen LogP contribution >= 0.6 is 0 Å². The van der Waals surface area contributed by atoms with Crippen molar-refractivity contribution in [1.82, 2.24) is 9.97 Å². The minimum atomic E-state index is 0.662. The third-order valence-electron chi connectivity index (χ3n) is 2.45. The predicted molar refractivity (Wildman–Crippen MR) is 71.6 cm³/mol. The van der Waals surface area contributed by atoms with Crippen molar-refractivity contribution in [3.8, 4) is 5.75 Å². The van der Waals surface area contributed by atoms with E-state index in [1.54, 1.807) is 12.5 Å². The molecule has 1 aromatic carbocycles. The maximum Gasteiger partial charge on any atom is 0.142 e. The molecule has 0 radical (unpaired) electrons. The molecule has 0 aliphatic carbocycles. The van der Waals surface area contributed by atoms with Crippen LogP contribution < -0.4 is 10.1 Å². The highest BCUT2D eigenvalue weighted by Gasteiger charge is 2.02. The molecule has 1 heterocycles. The Morgan fingerprint density at radius 1 is 1.22 bits per heavy atom. The highest BCUT2D eigenvalue weighted by molar-refractivity contribution is 5.56. The molecule has 0 fully saturated rings. The second kappa shape index (κ2) is 6.59. The van der Waals surface area contributed by atoms with Gasteiger partial charge in [0.25, 0.3) is 0 Å². The van der Waals surface area contributed by atoms with Crippen molar-refractivity contribution in [2.24, 2.45) is 0 Å². The van der Waals surface area contributed by atoms with E-state index in [1.165, 1.54) is 0 Å². The van der Waals surface area contributed by atoms with Crippen LogP contribution in [0.4, 0.5) is 5.69 Å². The van der Waals surface area contributed by atoms with Crippen molar-refractivity contribution in [1.29, 1.82) is 0 Å². The number of ether oxygens (including phenoxy) is 1. The molecule has 0 aliphatic heterocycles. The second-order valence-corrected chi connectivity index (χ2v) is 3.90. The fourth-order valence-corrected chi connectivity index (χ4v) is 1.56. The van der Waals surface area contributed by atoms with Gasteiger partial charge in [-0.2, -0.15) is 0 Å². The Morgan fingerprint density at radius 2 is 2.11 bits per heavy atom. The second-order valence-electron chi connectivity index (χ2n) is 3.90. The van der Waals surface area contributed by atoms with Crippen LogP contribution in [0.15, 0.2) is 42.9 Å². The normalized spacial score (nSPS) is 10.1. The van der Waals surface area contributed by atoms with E-state index in [0.717, 1.165) is 30.2 Å². The van der Waals surface area contributed by atoms with E-state index in [9.17, 15) is 0 Å². The van der Waals surface area contributed by atoms with Gasteiger partial charge in [0.1, 0.15) is 12.1 Å². The molecular formula is C14H17N3O.